The number of nitrogen functional groups attached to an aromatic ring is 1. The average molecular weight is 359 g/mol. The lowest BCUT2D eigenvalue weighted by atomic mass is 9.99. The molecule has 0 bridgehead atoms. The predicted molar refractivity (Wildman–Crippen MR) is 98.1 cm³/mol. The Kier molecular flexibility index (Phi) is 6.14. The van der Waals surface area contributed by atoms with E-state index in [9.17, 15) is 9.59 Å². The maximum Gasteiger partial charge on any atom is 0.343 e. The van der Waals surface area contributed by atoms with Crippen LogP contribution in [0, 0.1) is 20.8 Å². The third-order valence-electron chi connectivity index (χ3n) is 3.76. The summed E-state index contributed by atoms with van der Waals surface area (Å²) < 4.78 is 4.88. The highest BCUT2D eigenvalue weighted by Crippen LogP contribution is 2.21. The summed E-state index contributed by atoms with van der Waals surface area (Å²) in [6, 6.07) is 3.92. The number of hydrogen-bond acceptors (Lipinski definition) is 7. The van der Waals surface area contributed by atoms with Crippen molar-refractivity contribution in [1.29, 1.82) is 0 Å². The molecular formula is C18H21N3O3S. The lowest BCUT2D eigenvalue weighted by Crippen LogP contribution is -2.11. The van der Waals surface area contributed by atoms with Crippen molar-refractivity contribution < 1.29 is 14.3 Å². The Morgan fingerprint density at radius 3 is 2.44 bits per heavy atom. The Hall–Kier alpha value is -2.41. The molecule has 0 saturated heterocycles. The van der Waals surface area contributed by atoms with Gasteiger partial charge in [-0.3, -0.25) is 4.79 Å². The second-order valence-electron chi connectivity index (χ2n) is 5.64. The first-order chi connectivity index (χ1) is 11.8. The standard InChI is InChI=1S/C18H21N3O3S/c1-5-24-17(23)14-8-20-18(21-16(14)19)25-9-15(22)13-7-11(3)10(2)6-12(13)4/h6-8H,5,9H2,1-4H3,(H2,19,20,21). The molecule has 7 heteroatoms. The number of nitrogens with zero attached hydrogens (tertiary/aromatic N) is 2. The van der Waals surface area contributed by atoms with E-state index in [2.05, 4.69) is 9.97 Å². The third kappa shape index (κ3) is 4.57. The fourth-order valence-electron chi connectivity index (χ4n) is 2.28. The molecule has 25 heavy (non-hydrogen) atoms. The number of ether oxygens (including phenoxy) is 1. The van der Waals surface area contributed by atoms with Gasteiger partial charge in [0.15, 0.2) is 10.9 Å². The van der Waals surface area contributed by atoms with Gasteiger partial charge in [0.25, 0.3) is 0 Å². The minimum atomic E-state index is -0.557. The van der Waals surface area contributed by atoms with Gasteiger partial charge < -0.3 is 10.5 Å². The molecule has 0 amide bonds. The van der Waals surface area contributed by atoms with Gasteiger partial charge in [-0.25, -0.2) is 14.8 Å². The van der Waals surface area contributed by atoms with Gasteiger partial charge in [0.05, 0.1) is 12.4 Å². The summed E-state index contributed by atoms with van der Waals surface area (Å²) in [4.78, 5) is 32.3. The van der Waals surface area contributed by atoms with E-state index in [1.54, 1.807) is 6.92 Å². The number of rotatable bonds is 6. The van der Waals surface area contributed by atoms with Crippen molar-refractivity contribution in [3.8, 4) is 0 Å². The van der Waals surface area contributed by atoms with E-state index in [0.29, 0.717) is 10.7 Å². The Morgan fingerprint density at radius 1 is 1.12 bits per heavy atom. The normalized spacial score (nSPS) is 10.6. The second-order valence-corrected chi connectivity index (χ2v) is 6.58. The summed E-state index contributed by atoms with van der Waals surface area (Å²) in [6.07, 6.45) is 1.33. The van der Waals surface area contributed by atoms with Crippen LogP contribution in [0.25, 0.3) is 0 Å². The summed E-state index contributed by atoms with van der Waals surface area (Å²) >= 11 is 1.19. The predicted octanol–water partition coefficient (Wildman–Crippen LogP) is 3.14. The molecule has 0 unspecified atom stereocenters. The van der Waals surface area contributed by atoms with E-state index in [4.69, 9.17) is 10.5 Å². The van der Waals surface area contributed by atoms with Crippen LogP contribution in [0.15, 0.2) is 23.5 Å². The smallest absolute Gasteiger partial charge is 0.343 e. The first kappa shape index (κ1) is 18.9. The van der Waals surface area contributed by atoms with Crippen LogP contribution in [0.3, 0.4) is 0 Å². The number of anilines is 1. The average Bonchev–Trinajstić information content (AvgIpc) is 2.56. The van der Waals surface area contributed by atoms with Crippen molar-refractivity contribution in [1.82, 2.24) is 9.97 Å². The molecule has 0 atom stereocenters. The quantitative estimate of drug-likeness (QED) is 0.366. The van der Waals surface area contributed by atoms with Gasteiger partial charge in [-0.15, -0.1) is 0 Å². The molecule has 132 valence electrons. The van der Waals surface area contributed by atoms with Crippen molar-refractivity contribution in [3.63, 3.8) is 0 Å². The minimum absolute atomic E-state index is 0.00207. The maximum atomic E-state index is 12.5. The lowest BCUT2D eigenvalue weighted by Gasteiger charge is -2.09. The van der Waals surface area contributed by atoms with Crippen molar-refractivity contribution >= 4 is 29.3 Å². The van der Waals surface area contributed by atoms with E-state index in [1.165, 1.54) is 18.0 Å². The monoisotopic (exact) mass is 359 g/mol. The topological polar surface area (TPSA) is 95.2 Å². The summed E-state index contributed by atoms with van der Waals surface area (Å²) in [5.74, 6) is -0.312. The molecule has 0 saturated carbocycles. The molecule has 1 heterocycles. The zero-order chi connectivity index (χ0) is 18.6. The third-order valence-corrected chi connectivity index (χ3v) is 4.63. The zero-order valence-electron chi connectivity index (χ0n) is 14.8. The number of hydrogen-bond donors (Lipinski definition) is 1. The van der Waals surface area contributed by atoms with Gasteiger partial charge in [0.2, 0.25) is 0 Å². The number of aromatic nitrogens is 2. The molecule has 2 rings (SSSR count). The van der Waals surface area contributed by atoms with Gasteiger partial charge in [-0.05, 0) is 50.5 Å². The summed E-state index contributed by atoms with van der Waals surface area (Å²) in [5.41, 5.74) is 9.80. The highest BCUT2D eigenvalue weighted by atomic mass is 32.2. The number of thioether (sulfide) groups is 1. The first-order valence-corrected chi connectivity index (χ1v) is 8.85. The number of Topliss-reactive ketones (excluding diaryl/α,β-unsaturated/α-hetero) is 1. The van der Waals surface area contributed by atoms with Crippen LogP contribution >= 0.6 is 11.8 Å². The molecule has 0 aliphatic heterocycles. The second kappa shape index (κ2) is 8.11. The SMILES string of the molecule is CCOC(=O)c1cnc(SCC(=O)c2cc(C)c(C)cc2C)nc1N. The minimum Gasteiger partial charge on any atom is -0.462 e. The number of carbonyl (C=O) groups is 2. The Bertz CT molecular complexity index is 821. The van der Waals surface area contributed by atoms with Crippen LogP contribution in [-0.4, -0.2) is 34.1 Å². The highest BCUT2D eigenvalue weighted by Gasteiger charge is 2.16. The molecule has 0 fully saturated rings. The van der Waals surface area contributed by atoms with Gasteiger partial charge in [-0.2, -0.15) is 0 Å². The molecule has 0 aliphatic rings. The van der Waals surface area contributed by atoms with Gasteiger partial charge >= 0.3 is 5.97 Å². The Balaban J connectivity index is 2.09. The van der Waals surface area contributed by atoms with Crippen LogP contribution in [0.4, 0.5) is 5.82 Å². The van der Waals surface area contributed by atoms with E-state index in [0.717, 1.165) is 16.7 Å². The van der Waals surface area contributed by atoms with E-state index >= 15 is 0 Å². The zero-order valence-corrected chi connectivity index (χ0v) is 15.6. The largest absolute Gasteiger partial charge is 0.462 e. The molecule has 2 N–H and O–H groups in total. The molecule has 1 aromatic carbocycles. The van der Waals surface area contributed by atoms with E-state index in [-0.39, 0.29) is 29.5 Å². The molecular weight excluding hydrogens is 338 g/mol. The number of carbonyl (C=O) groups excluding carboxylic acids is 2. The van der Waals surface area contributed by atoms with E-state index < -0.39 is 5.97 Å². The van der Waals surface area contributed by atoms with Crippen LogP contribution < -0.4 is 5.73 Å². The molecule has 0 spiro atoms. The van der Waals surface area contributed by atoms with Crippen LogP contribution in [0.1, 0.15) is 44.3 Å². The first-order valence-electron chi connectivity index (χ1n) is 7.87. The maximum absolute atomic E-state index is 12.5. The van der Waals surface area contributed by atoms with E-state index in [1.807, 2.05) is 32.9 Å². The van der Waals surface area contributed by atoms with Crippen LogP contribution in [-0.2, 0) is 4.74 Å². The van der Waals surface area contributed by atoms with Crippen molar-refractivity contribution in [2.75, 3.05) is 18.1 Å². The number of esters is 1. The van der Waals surface area contributed by atoms with Crippen molar-refractivity contribution in [2.24, 2.45) is 0 Å². The number of benzene rings is 1. The molecule has 1 aromatic heterocycles. The van der Waals surface area contributed by atoms with Gasteiger partial charge in [0, 0.05) is 11.8 Å². The highest BCUT2D eigenvalue weighted by molar-refractivity contribution is 7.99. The number of aryl methyl sites for hydroxylation is 3. The fraction of sp³-hybridized carbons (Fsp3) is 0.333. The Labute approximate surface area is 151 Å². The molecule has 6 nitrogen and oxygen atoms in total. The summed E-state index contributed by atoms with van der Waals surface area (Å²) in [6.45, 7) is 7.88. The fourth-order valence-corrected chi connectivity index (χ4v) is 2.99. The van der Waals surface area contributed by atoms with Crippen LogP contribution in [0.5, 0.6) is 0 Å². The molecule has 0 radical (unpaired) electrons. The summed E-state index contributed by atoms with van der Waals surface area (Å²) in [5, 5.41) is 0.348. The lowest BCUT2D eigenvalue weighted by molar-refractivity contribution is 0.0526. The Morgan fingerprint density at radius 2 is 1.80 bits per heavy atom. The van der Waals surface area contributed by atoms with Crippen molar-refractivity contribution in [3.05, 3.63) is 46.1 Å². The summed E-state index contributed by atoms with van der Waals surface area (Å²) in [7, 11) is 0. The number of nitrogens with two attached hydrogens (primary N) is 1. The molecule has 0 aliphatic carbocycles. The van der Waals surface area contributed by atoms with Gasteiger partial charge in [-0.1, -0.05) is 17.8 Å². The van der Waals surface area contributed by atoms with Crippen molar-refractivity contribution in [2.45, 2.75) is 32.9 Å². The molecule has 2 aromatic rings. The van der Waals surface area contributed by atoms with Crippen LogP contribution in [0.2, 0.25) is 0 Å². The van der Waals surface area contributed by atoms with Gasteiger partial charge in [0.1, 0.15) is 11.4 Å². The number of ketones is 1.